The van der Waals surface area contributed by atoms with Gasteiger partial charge in [-0.05, 0) is 41.3 Å². The zero-order valence-corrected chi connectivity index (χ0v) is 14.8. The molecule has 25 heavy (non-hydrogen) atoms. The quantitative estimate of drug-likeness (QED) is 0.720. The predicted molar refractivity (Wildman–Crippen MR) is 106 cm³/mol. The predicted octanol–water partition coefficient (Wildman–Crippen LogP) is 4.49. The smallest absolute Gasteiger partial charge is 0.0298 e. The van der Waals surface area contributed by atoms with Crippen molar-refractivity contribution in [3.8, 4) is 0 Å². The fourth-order valence-electron chi connectivity index (χ4n) is 4.10. The maximum absolute atomic E-state index is 3.79. The number of hydrogen-bond acceptors (Lipinski definition) is 2. The van der Waals surface area contributed by atoms with Crippen LogP contribution in [0.1, 0.15) is 30.0 Å². The highest BCUT2D eigenvalue weighted by Crippen LogP contribution is 2.29. The third-order valence-electron chi connectivity index (χ3n) is 5.54. The monoisotopic (exact) mass is 330 g/mol. The SMILES string of the molecule is C[C@@H](NCC1CNCC1c1ccccc1)c1cccc2ccccc12. The van der Waals surface area contributed by atoms with Crippen LogP contribution in [0.5, 0.6) is 0 Å². The van der Waals surface area contributed by atoms with Crippen LogP contribution in [-0.4, -0.2) is 19.6 Å². The standard InChI is InChI=1S/C23H26N2/c1-17(21-13-7-11-18-10-5-6-12-22(18)21)25-15-20-14-24-16-23(20)19-8-3-2-4-9-19/h2-13,17,20,23-25H,14-16H2,1H3/t17-,20?,23?/m1/s1. The molecule has 1 aliphatic rings. The highest BCUT2D eigenvalue weighted by atomic mass is 15.0. The normalized spacial score (nSPS) is 21.5. The van der Waals surface area contributed by atoms with Crippen LogP contribution in [0.4, 0.5) is 0 Å². The van der Waals surface area contributed by atoms with Gasteiger partial charge in [-0.3, -0.25) is 0 Å². The molecule has 128 valence electrons. The van der Waals surface area contributed by atoms with Gasteiger partial charge in [0.25, 0.3) is 0 Å². The average molecular weight is 330 g/mol. The summed E-state index contributed by atoms with van der Waals surface area (Å²) in [5.41, 5.74) is 2.84. The van der Waals surface area contributed by atoms with Gasteiger partial charge in [-0.25, -0.2) is 0 Å². The first-order chi connectivity index (χ1) is 12.3. The van der Waals surface area contributed by atoms with Crippen LogP contribution in [-0.2, 0) is 0 Å². The summed E-state index contributed by atoms with van der Waals surface area (Å²) in [5.74, 6) is 1.24. The lowest BCUT2D eigenvalue weighted by Crippen LogP contribution is -2.29. The van der Waals surface area contributed by atoms with Crippen molar-refractivity contribution in [2.24, 2.45) is 5.92 Å². The Morgan fingerprint density at radius 1 is 0.920 bits per heavy atom. The van der Waals surface area contributed by atoms with Gasteiger partial charge in [0.1, 0.15) is 0 Å². The van der Waals surface area contributed by atoms with E-state index < -0.39 is 0 Å². The van der Waals surface area contributed by atoms with E-state index >= 15 is 0 Å². The second-order valence-corrected chi connectivity index (χ2v) is 7.13. The molecule has 1 heterocycles. The number of benzene rings is 3. The van der Waals surface area contributed by atoms with Crippen molar-refractivity contribution in [3.05, 3.63) is 83.9 Å². The maximum atomic E-state index is 3.79. The zero-order valence-electron chi connectivity index (χ0n) is 14.8. The third kappa shape index (κ3) is 3.46. The Bertz CT molecular complexity index is 822. The Morgan fingerprint density at radius 2 is 1.68 bits per heavy atom. The molecule has 0 spiro atoms. The largest absolute Gasteiger partial charge is 0.316 e. The number of nitrogens with one attached hydrogen (secondary N) is 2. The Morgan fingerprint density at radius 3 is 2.56 bits per heavy atom. The summed E-state index contributed by atoms with van der Waals surface area (Å²) in [6.45, 7) is 5.49. The van der Waals surface area contributed by atoms with E-state index in [-0.39, 0.29) is 0 Å². The lowest BCUT2D eigenvalue weighted by atomic mass is 9.88. The summed E-state index contributed by atoms with van der Waals surface area (Å²) >= 11 is 0. The molecule has 3 aromatic rings. The van der Waals surface area contributed by atoms with E-state index in [1.54, 1.807) is 0 Å². The van der Waals surface area contributed by atoms with Gasteiger partial charge < -0.3 is 10.6 Å². The second kappa shape index (κ2) is 7.38. The molecule has 0 aliphatic carbocycles. The summed E-state index contributed by atoms with van der Waals surface area (Å²) in [4.78, 5) is 0. The molecule has 3 aromatic carbocycles. The van der Waals surface area contributed by atoms with Gasteiger partial charge in [0.2, 0.25) is 0 Å². The average Bonchev–Trinajstić information content (AvgIpc) is 3.15. The third-order valence-corrected chi connectivity index (χ3v) is 5.54. The molecule has 3 atom stereocenters. The van der Waals surface area contributed by atoms with Crippen molar-refractivity contribution < 1.29 is 0 Å². The van der Waals surface area contributed by atoms with E-state index in [9.17, 15) is 0 Å². The molecule has 2 nitrogen and oxygen atoms in total. The maximum Gasteiger partial charge on any atom is 0.0298 e. The minimum absolute atomic E-state index is 0.350. The van der Waals surface area contributed by atoms with Gasteiger partial charge >= 0.3 is 0 Å². The first-order valence-corrected chi connectivity index (χ1v) is 9.29. The Balaban J connectivity index is 1.47. The van der Waals surface area contributed by atoms with E-state index in [1.165, 1.54) is 21.9 Å². The summed E-state index contributed by atoms with van der Waals surface area (Å²) < 4.78 is 0. The fraction of sp³-hybridized carbons (Fsp3) is 0.304. The summed E-state index contributed by atoms with van der Waals surface area (Å²) in [7, 11) is 0. The Hall–Kier alpha value is -2.16. The van der Waals surface area contributed by atoms with Crippen LogP contribution in [0.25, 0.3) is 10.8 Å². The molecule has 2 N–H and O–H groups in total. The highest BCUT2D eigenvalue weighted by molar-refractivity contribution is 5.86. The summed E-state index contributed by atoms with van der Waals surface area (Å²) in [6, 6.07) is 26.5. The minimum atomic E-state index is 0.350. The number of fused-ring (bicyclic) bond motifs is 1. The van der Waals surface area contributed by atoms with Crippen LogP contribution in [0.3, 0.4) is 0 Å². The van der Waals surface area contributed by atoms with Crippen molar-refractivity contribution in [2.45, 2.75) is 18.9 Å². The van der Waals surface area contributed by atoms with Crippen molar-refractivity contribution in [1.82, 2.24) is 10.6 Å². The lowest BCUT2D eigenvalue weighted by Gasteiger charge is -2.23. The van der Waals surface area contributed by atoms with E-state index in [2.05, 4.69) is 90.4 Å². The molecule has 1 saturated heterocycles. The van der Waals surface area contributed by atoms with Gasteiger partial charge in [0.05, 0.1) is 0 Å². The Labute approximate surface area is 150 Å². The van der Waals surface area contributed by atoms with Gasteiger partial charge in [-0.15, -0.1) is 0 Å². The molecule has 4 rings (SSSR count). The summed E-state index contributed by atoms with van der Waals surface area (Å²) in [5, 5.41) is 10.0. The van der Waals surface area contributed by atoms with Gasteiger partial charge in [-0.1, -0.05) is 72.8 Å². The van der Waals surface area contributed by atoms with E-state index in [0.29, 0.717) is 17.9 Å². The van der Waals surface area contributed by atoms with E-state index in [4.69, 9.17) is 0 Å². The first-order valence-electron chi connectivity index (χ1n) is 9.29. The highest BCUT2D eigenvalue weighted by Gasteiger charge is 2.28. The first kappa shape index (κ1) is 16.3. The Kier molecular flexibility index (Phi) is 4.82. The number of rotatable bonds is 5. The molecule has 0 aromatic heterocycles. The van der Waals surface area contributed by atoms with Crippen molar-refractivity contribution in [1.29, 1.82) is 0 Å². The topological polar surface area (TPSA) is 24.1 Å². The molecule has 2 heteroatoms. The van der Waals surface area contributed by atoms with Gasteiger partial charge in [0, 0.05) is 25.0 Å². The molecular weight excluding hydrogens is 304 g/mol. The molecule has 0 bridgehead atoms. The van der Waals surface area contributed by atoms with E-state index in [0.717, 1.165) is 19.6 Å². The van der Waals surface area contributed by atoms with E-state index in [1.807, 2.05) is 0 Å². The second-order valence-electron chi connectivity index (χ2n) is 7.13. The van der Waals surface area contributed by atoms with Gasteiger partial charge in [-0.2, -0.15) is 0 Å². The van der Waals surface area contributed by atoms with Crippen LogP contribution >= 0.6 is 0 Å². The van der Waals surface area contributed by atoms with Crippen molar-refractivity contribution in [3.63, 3.8) is 0 Å². The molecule has 0 radical (unpaired) electrons. The van der Waals surface area contributed by atoms with Crippen LogP contribution < -0.4 is 10.6 Å². The molecule has 1 aliphatic heterocycles. The zero-order chi connectivity index (χ0) is 17.1. The van der Waals surface area contributed by atoms with Crippen LogP contribution in [0.2, 0.25) is 0 Å². The van der Waals surface area contributed by atoms with Gasteiger partial charge in [0.15, 0.2) is 0 Å². The molecule has 0 saturated carbocycles. The van der Waals surface area contributed by atoms with Crippen molar-refractivity contribution in [2.75, 3.05) is 19.6 Å². The molecule has 1 fully saturated rings. The fourth-order valence-corrected chi connectivity index (χ4v) is 4.10. The van der Waals surface area contributed by atoms with Crippen LogP contribution in [0, 0.1) is 5.92 Å². The lowest BCUT2D eigenvalue weighted by molar-refractivity contribution is 0.440. The minimum Gasteiger partial charge on any atom is -0.316 e. The van der Waals surface area contributed by atoms with Crippen LogP contribution in [0.15, 0.2) is 72.8 Å². The molecule has 0 amide bonds. The van der Waals surface area contributed by atoms with Crippen molar-refractivity contribution >= 4 is 10.8 Å². The molecule has 2 unspecified atom stereocenters. The summed E-state index contributed by atoms with van der Waals surface area (Å²) in [6.07, 6.45) is 0. The number of hydrogen-bond donors (Lipinski definition) is 2. The molecular formula is C23H26N2.